The van der Waals surface area contributed by atoms with Gasteiger partial charge in [0.05, 0.1) is 12.3 Å². The van der Waals surface area contributed by atoms with Crippen molar-refractivity contribution < 1.29 is 9.84 Å². The van der Waals surface area contributed by atoms with Crippen LogP contribution in [0.4, 0.5) is 0 Å². The Labute approximate surface area is 122 Å². The van der Waals surface area contributed by atoms with Gasteiger partial charge in [0.15, 0.2) is 6.10 Å². The van der Waals surface area contributed by atoms with Gasteiger partial charge in [-0.25, -0.2) is 4.98 Å². The normalized spacial score (nSPS) is 22.4. The van der Waals surface area contributed by atoms with Gasteiger partial charge in [0, 0.05) is 16.5 Å². The molecule has 0 radical (unpaired) electrons. The standard InChI is InChI=1S/C12H9BrClNO2S/c13-6-1-2-9-7(3-6)8(16)4-10(17-9)12-15-5-11(14)18-12/h1-3,5,8,10,16H,4H2/t8-,10?/m0/s1. The molecule has 3 rings (SSSR count). The van der Waals surface area contributed by atoms with Crippen LogP contribution in [0.15, 0.2) is 28.9 Å². The maximum atomic E-state index is 10.2. The van der Waals surface area contributed by atoms with E-state index < -0.39 is 6.10 Å². The van der Waals surface area contributed by atoms with E-state index in [0.717, 1.165) is 15.0 Å². The minimum Gasteiger partial charge on any atom is -0.483 e. The summed E-state index contributed by atoms with van der Waals surface area (Å²) < 4.78 is 7.42. The summed E-state index contributed by atoms with van der Waals surface area (Å²) in [6.07, 6.45) is 1.33. The minimum absolute atomic E-state index is 0.230. The van der Waals surface area contributed by atoms with Crippen LogP contribution in [0.2, 0.25) is 4.34 Å². The monoisotopic (exact) mass is 345 g/mol. The molecule has 1 aliphatic rings. The molecule has 3 nitrogen and oxygen atoms in total. The highest BCUT2D eigenvalue weighted by atomic mass is 79.9. The number of aromatic nitrogens is 1. The smallest absolute Gasteiger partial charge is 0.153 e. The van der Waals surface area contributed by atoms with E-state index >= 15 is 0 Å². The molecule has 94 valence electrons. The zero-order chi connectivity index (χ0) is 12.7. The number of rotatable bonds is 1. The van der Waals surface area contributed by atoms with E-state index in [4.69, 9.17) is 16.3 Å². The van der Waals surface area contributed by atoms with E-state index in [1.165, 1.54) is 11.3 Å². The van der Waals surface area contributed by atoms with Gasteiger partial charge in [0.25, 0.3) is 0 Å². The number of halogens is 2. The molecule has 0 spiro atoms. The number of fused-ring (bicyclic) bond motifs is 1. The van der Waals surface area contributed by atoms with Crippen molar-refractivity contribution >= 4 is 38.9 Å². The van der Waals surface area contributed by atoms with Crippen molar-refractivity contribution in [2.45, 2.75) is 18.6 Å². The molecule has 0 fully saturated rings. The second-order valence-electron chi connectivity index (χ2n) is 4.04. The van der Waals surface area contributed by atoms with E-state index in [1.54, 1.807) is 6.20 Å². The number of nitrogens with zero attached hydrogens (tertiary/aromatic N) is 1. The van der Waals surface area contributed by atoms with Gasteiger partial charge >= 0.3 is 0 Å². The summed E-state index contributed by atoms with van der Waals surface area (Å²) in [5, 5.41) is 11.0. The second-order valence-corrected chi connectivity index (χ2v) is 6.65. The number of aliphatic hydroxyl groups is 1. The van der Waals surface area contributed by atoms with Crippen LogP contribution in [0.25, 0.3) is 0 Å². The van der Waals surface area contributed by atoms with Crippen LogP contribution in [0, 0.1) is 0 Å². The van der Waals surface area contributed by atoms with Gasteiger partial charge in [-0.15, -0.1) is 11.3 Å². The summed E-state index contributed by atoms with van der Waals surface area (Å²) in [4.78, 5) is 4.21. The van der Waals surface area contributed by atoms with Crippen LogP contribution in [0.3, 0.4) is 0 Å². The molecule has 0 amide bonds. The third-order valence-corrected chi connectivity index (χ3v) is 4.51. The average molecular weight is 347 g/mol. The Morgan fingerprint density at radius 1 is 1.50 bits per heavy atom. The Kier molecular flexibility index (Phi) is 3.32. The lowest BCUT2D eigenvalue weighted by atomic mass is 9.99. The lowest BCUT2D eigenvalue weighted by Crippen LogP contribution is -2.18. The Hall–Kier alpha value is -0.620. The van der Waals surface area contributed by atoms with Crippen molar-refractivity contribution in [2.24, 2.45) is 0 Å². The molecule has 1 aliphatic heterocycles. The zero-order valence-electron chi connectivity index (χ0n) is 9.14. The Bertz CT molecular complexity index is 589. The molecule has 6 heteroatoms. The van der Waals surface area contributed by atoms with Gasteiger partial charge in [-0.3, -0.25) is 0 Å². The van der Waals surface area contributed by atoms with Gasteiger partial charge in [-0.2, -0.15) is 0 Å². The Morgan fingerprint density at radius 3 is 3.06 bits per heavy atom. The molecule has 0 bridgehead atoms. The molecule has 2 aromatic rings. The van der Waals surface area contributed by atoms with Crippen molar-refractivity contribution in [2.75, 3.05) is 0 Å². The van der Waals surface area contributed by atoms with E-state index in [2.05, 4.69) is 20.9 Å². The fourth-order valence-electron chi connectivity index (χ4n) is 1.99. The van der Waals surface area contributed by atoms with Crippen molar-refractivity contribution in [1.82, 2.24) is 4.98 Å². The highest BCUT2D eigenvalue weighted by Gasteiger charge is 2.29. The molecule has 0 aliphatic carbocycles. The number of hydrogen-bond donors (Lipinski definition) is 1. The zero-order valence-corrected chi connectivity index (χ0v) is 12.3. The number of ether oxygens (including phenoxy) is 1. The summed E-state index contributed by atoms with van der Waals surface area (Å²) in [5.41, 5.74) is 0.809. The van der Waals surface area contributed by atoms with Crippen LogP contribution in [-0.4, -0.2) is 10.1 Å². The first-order chi connectivity index (χ1) is 8.63. The highest BCUT2D eigenvalue weighted by molar-refractivity contribution is 9.10. The molecule has 2 heterocycles. The largest absolute Gasteiger partial charge is 0.483 e. The van der Waals surface area contributed by atoms with Gasteiger partial charge in [-0.05, 0) is 18.2 Å². The number of aliphatic hydroxyl groups excluding tert-OH is 1. The van der Waals surface area contributed by atoms with E-state index in [9.17, 15) is 5.11 Å². The lowest BCUT2D eigenvalue weighted by molar-refractivity contribution is 0.0655. The Morgan fingerprint density at radius 2 is 2.33 bits per heavy atom. The summed E-state index contributed by atoms with van der Waals surface area (Å²) in [5.74, 6) is 0.702. The van der Waals surface area contributed by atoms with E-state index in [-0.39, 0.29) is 6.10 Å². The maximum absolute atomic E-state index is 10.2. The molecule has 1 aromatic carbocycles. The molecule has 0 saturated carbocycles. The quantitative estimate of drug-likeness (QED) is 0.844. The van der Waals surface area contributed by atoms with Gasteiger partial charge in [-0.1, -0.05) is 27.5 Å². The SMILES string of the molecule is O[C@H]1CC(c2ncc(Cl)s2)Oc2ccc(Br)cc21. The predicted molar refractivity (Wildman–Crippen MR) is 74.2 cm³/mol. The van der Waals surface area contributed by atoms with Crippen LogP contribution in [-0.2, 0) is 0 Å². The molecule has 0 saturated heterocycles. The summed E-state index contributed by atoms with van der Waals surface area (Å²) in [6, 6.07) is 5.62. The minimum atomic E-state index is -0.543. The molecule has 1 N–H and O–H groups in total. The van der Waals surface area contributed by atoms with Crippen molar-refractivity contribution in [3.05, 3.63) is 43.8 Å². The Balaban J connectivity index is 1.94. The maximum Gasteiger partial charge on any atom is 0.153 e. The first-order valence-electron chi connectivity index (χ1n) is 5.39. The van der Waals surface area contributed by atoms with Crippen molar-refractivity contribution in [3.8, 4) is 5.75 Å². The molecule has 18 heavy (non-hydrogen) atoms. The first-order valence-corrected chi connectivity index (χ1v) is 7.37. The number of hydrogen-bond acceptors (Lipinski definition) is 4. The van der Waals surface area contributed by atoms with Crippen LogP contribution in [0.5, 0.6) is 5.75 Å². The molecule has 1 aromatic heterocycles. The van der Waals surface area contributed by atoms with Crippen molar-refractivity contribution in [1.29, 1.82) is 0 Å². The summed E-state index contributed by atoms with van der Waals surface area (Å²) in [7, 11) is 0. The number of benzene rings is 1. The van der Waals surface area contributed by atoms with Gasteiger partial charge in [0.2, 0.25) is 0 Å². The fourth-order valence-corrected chi connectivity index (χ4v) is 3.34. The molecular formula is C12H9BrClNO2S. The summed E-state index contributed by atoms with van der Waals surface area (Å²) >= 11 is 10.6. The predicted octanol–water partition coefficient (Wildman–Crippen LogP) is 4.12. The highest BCUT2D eigenvalue weighted by Crippen LogP contribution is 2.42. The average Bonchev–Trinajstić information content (AvgIpc) is 2.77. The topological polar surface area (TPSA) is 42.4 Å². The molecular weight excluding hydrogens is 338 g/mol. The molecule has 1 unspecified atom stereocenters. The van der Waals surface area contributed by atoms with Crippen LogP contribution < -0.4 is 4.74 Å². The van der Waals surface area contributed by atoms with E-state index in [1.807, 2.05) is 18.2 Å². The van der Waals surface area contributed by atoms with Gasteiger partial charge < -0.3 is 9.84 Å². The number of thiazole rings is 1. The third kappa shape index (κ3) is 2.28. The lowest BCUT2D eigenvalue weighted by Gasteiger charge is -2.28. The second kappa shape index (κ2) is 4.81. The first kappa shape index (κ1) is 12.4. The van der Waals surface area contributed by atoms with Gasteiger partial charge in [0.1, 0.15) is 15.1 Å². The molecule has 2 atom stereocenters. The van der Waals surface area contributed by atoms with Crippen LogP contribution in [0.1, 0.15) is 29.2 Å². The van der Waals surface area contributed by atoms with Crippen molar-refractivity contribution in [3.63, 3.8) is 0 Å². The summed E-state index contributed by atoms with van der Waals surface area (Å²) in [6.45, 7) is 0. The van der Waals surface area contributed by atoms with E-state index in [0.29, 0.717) is 16.5 Å². The van der Waals surface area contributed by atoms with Crippen LogP contribution >= 0.6 is 38.9 Å². The fraction of sp³-hybridized carbons (Fsp3) is 0.250. The third-order valence-electron chi connectivity index (χ3n) is 2.81.